The second-order valence-corrected chi connectivity index (χ2v) is 8.04. The van der Waals surface area contributed by atoms with Crippen LogP contribution in [0.1, 0.15) is 43.7 Å². The summed E-state index contributed by atoms with van der Waals surface area (Å²) in [6, 6.07) is 10.2. The first-order chi connectivity index (χ1) is 13.7. The number of carbonyl (C=O) groups is 1. The largest absolute Gasteiger partial charge is 0.385 e. The molecule has 1 heterocycles. The highest BCUT2D eigenvalue weighted by Crippen LogP contribution is 2.35. The van der Waals surface area contributed by atoms with Gasteiger partial charge in [-0.1, -0.05) is 54.9 Å². The Morgan fingerprint density at radius 2 is 2.11 bits per heavy atom. The highest BCUT2D eigenvalue weighted by Gasteiger charge is 2.27. The molecule has 0 spiro atoms. The number of rotatable bonds is 10. The van der Waals surface area contributed by atoms with Crippen molar-refractivity contribution in [3.8, 4) is 0 Å². The number of ether oxygens (including phenoxy) is 1. The lowest BCUT2D eigenvalue weighted by atomic mass is 9.91. The van der Waals surface area contributed by atoms with Crippen LogP contribution in [0, 0.1) is 5.92 Å². The number of thioether (sulfide) groups is 1. The summed E-state index contributed by atoms with van der Waals surface area (Å²) in [6.07, 6.45) is 5.45. The first kappa shape index (κ1) is 20.7. The van der Waals surface area contributed by atoms with Crippen LogP contribution in [0.2, 0.25) is 0 Å². The Balaban J connectivity index is 1.60. The van der Waals surface area contributed by atoms with E-state index in [0.29, 0.717) is 30.6 Å². The Hall–Kier alpha value is -2.06. The molecule has 1 fully saturated rings. The highest BCUT2D eigenvalue weighted by molar-refractivity contribution is 7.99. The van der Waals surface area contributed by atoms with Crippen LogP contribution in [-0.2, 0) is 16.1 Å². The molecule has 1 aliphatic carbocycles. The molecule has 1 atom stereocenters. The third-order valence-electron chi connectivity index (χ3n) is 5.13. The van der Waals surface area contributed by atoms with Crippen LogP contribution >= 0.6 is 11.8 Å². The first-order valence-electron chi connectivity index (χ1n) is 9.80. The Labute approximate surface area is 169 Å². The van der Waals surface area contributed by atoms with Gasteiger partial charge in [0.05, 0.1) is 11.8 Å². The Morgan fingerprint density at radius 3 is 2.82 bits per heavy atom. The normalized spacial score (nSPS) is 15.6. The molecular weight excluding hydrogens is 376 g/mol. The molecular formula is C20H28N4O3S. The van der Waals surface area contributed by atoms with Crippen molar-refractivity contribution in [1.82, 2.24) is 20.1 Å². The van der Waals surface area contributed by atoms with Gasteiger partial charge in [-0.25, -0.2) is 9.89 Å². The number of carbonyl (C=O) groups excluding carboxylic acids is 1. The smallest absolute Gasteiger partial charge is 0.343 e. The number of methoxy groups -OCH3 is 1. The standard InChI is InChI=1S/C20H28N4O3S/c1-27-13-7-12-24-19(26)22-23-20(24)28-14-17(25)21-18(16-10-5-6-11-16)15-8-3-2-4-9-15/h2-4,8-9,16,18H,5-7,10-14H2,1H3,(H,21,25)(H,22,26). The second kappa shape index (κ2) is 10.5. The molecule has 0 saturated heterocycles. The number of benzene rings is 1. The van der Waals surface area contributed by atoms with E-state index in [4.69, 9.17) is 4.74 Å². The number of amides is 1. The lowest BCUT2D eigenvalue weighted by Gasteiger charge is -2.25. The van der Waals surface area contributed by atoms with Crippen LogP contribution in [0.3, 0.4) is 0 Å². The SMILES string of the molecule is COCCCn1c(SCC(=O)NC(c2ccccc2)C2CCCC2)n[nH]c1=O. The van der Waals surface area contributed by atoms with E-state index in [1.54, 1.807) is 11.7 Å². The fraction of sp³-hybridized carbons (Fsp3) is 0.550. The van der Waals surface area contributed by atoms with Crippen molar-refractivity contribution in [3.05, 3.63) is 46.4 Å². The van der Waals surface area contributed by atoms with E-state index in [2.05, 4.69) is 27.6 Å². The minimum Gasteiger partial charge on any atom is -0.385 e. The molecule has 3 rings (SSSR count). The van der Waals surface area contributed by atoms with Crippen LogP contribution in [0.15, 0.2) is 40.3 Å². The molecule has 8 heteroatoms. The maximum Gasteiger partial charge on any atom is 0.343 e. The third kappa shape index (κ3) is 5.48. The summed E-state index contributed by atoms with van der Waals surface area (Å²) in [5.74, 6) is 0.670. The zero-order valence-electron chi connectivity index (χ0n) is 16.2. The van der Waals surface area contributed by atoms with Crippen molar-refractivity contribution in [1.29, 1.82) is 0 Å². The number of aromatic nitrogens is 3. The average Bonchev–Trinajstić information content (AvgIpc) is 3.36. The molecule has 0 bridgehead atoms. The molecule has 1 aliphatic rings. The van der Waals surface area contributed by atoms with Gasteiger partial charge in [-0.3, -0.25) is 9.36 Å². The molecule has 1 aromatic carbocycles. The summed E-state index contributed by atoms with van der Waals surface area (Å²) < 4.78 is 6.59. The molecule has 2 aromatic rings. The van der Waals surface area contributed by atoms with Crippen molar-refractivity contribution < 1.29 is 9.53 Å². The maximum absolute atomic E-state index is 12.7. The lowest BCUT2D eigenvalue weighted by molar-refractivity contribution is -0.119. The van der Waals surface area contributed by atoms with Gasteiger partial charge in [0, 0.05) is 20.3 Å². The summed E-state index contributed by atoms with van der Waals surface area (Å²) in [5, 5.41) is 10.3. The van der Waals surface area contributed by atoms with E-state index in [0.717, 1.165) is 18.4 Å². The molecule has 28 heavy (non-hydrogen) atoms. The topological polar surface area (TPSA) is 89.0 Å². The Bertz CT molecular complexity index is 799. The van der Waals surface area contributed by atoms with Crippen LogP contribution < -0.4 is 11.0 Å². The van der Waals surface area contributed by atoms with Crippen molar-refractivity contribution in [2.24, 2.45) is 5.92 Å². The summed E-state index contributed by atoms with van der Waals surface area (Å²) in [7, 11) is 1.63. The number of aromatic amines is 1. The zero-order valence-corrected chi connectivity index (χ0v) is 17.0. The van der Waals surface area contributed by atoms with Crippen molar-refractivity contribution in [3.63, 3.8) is 0 Å². The highest BCUT2D eigenvalue weighted by atomic mass is 32.2. The average molecular weight is 405 g/mol. The number of nitrogens with one attached hydrogen (secondary N) is 2. The number of H-pyrrole nitrogens is 1. The Morgan fingerprint density at radius 1 is 1.36 bits per heavy atom. The quantitative estimate of drug-likeness (QED) is 0.469. The van der Waals surface area contributed by atoms with Gasteiger partial charge in [0.25, 0.3) is 0 Å². The van der Waals surface area contributed by atoms with Crippen molar-refractivity contribution in [2.75, 3.05) is 19.5 Å². The second-order valence-electron chi connectivity index (χ2n) is 7.10. The van der Waals surface area contributed by atoms with E-state index < -0.39 is 0 Å². The van der Waals surface area contributed by atoms with Gasteiger partial charge in [-0.15, -0.1) is 5.10 Å². The van der Waals surface area contributed by atoms with Crippen LogP contribution in [0.25, 0.3) is 0 Å². The van der Waals surface area contributed by atoms with Crippen molar-refractivity contribution in [2.45, 2.75) is 49.8 Å². The van der Waals surface area contributed by atoms with E-state index in [9.17, 15) is 9.59 Å². The minimum atomic E-state index is -0.257. The van der Waals surface area contributed by atoms with Crippen LogP contribution in [0.5, 0.6) is 0 Å². The predicted molar refractivity (Wildman–Crippen MR) is 109 cm³/mol. The molecule has 152 valence electrons. The third-order valence-corrected chi connectivity index (χ3v) is 6.11. The molecule has 1 amide bonds. The monoisotopic (exact) mass is 404 g/mol. The molecule has 0 radical (unpaired) electrons. The zero-order chi connectivity index (χ0) is 19.8. The molecule has 7 nitrogen and oxygen atoms in total. The fourth-order valence-corrected chi connectivity index (χ4v) is 4.53. The first-order valence-corrected chi connectivity index (χ1v) is 10.8. The Kier molecular flexibility index (Phi) is 7.73. The molecule has 1 unspecified atom stereocenters. The predicted octanol–water partition coefficient (Wildman–Crippen LogP) is 2.75. The van der Waals surface area contributed by atoms with Gasteiger partial charge < -0.3 is 10.1 Å². The van der Waals surface area contributed by atoms with E-state index in [1.807, 2.05) is 18.2 Å². The summed E-state index contributed by atoms with van der Waals surface area (Å²) >= 11 is 1.28. The lowest BCUT2D eigenvalue weighted by Crippen LogP contribution is -2.34. The van der Waals surface area contributed by atoms with E-state index >= 15 is 0 Å². The molecule has 2 N–H and O–H groups in total. The van der Waals surface area contributed by atoms with Gasteiger partial charge in [0.15, 0.2) is 5.16 Å². The summed E-state index contributed by atoms with van der Waals surface area (Å²) in [5.41, 5.74) is 0.899. The van der Waals surface area contributed by atoms with E-state index in [1.165, 1.54) is 24.6 Å². The van der Waals surface area contributed by atoms with Gasteiger partial charge >= 0.3 is 5.69 Å². The summed E-state index contributed by atoms with van der Waals surface area (Å²) in [6.45, 7) is 1.09. The van der Waals surface area contributed by atoms with Gasteiger partial charge in [0.1, 0.15) is 0 Å². The number of nitrogens with zero attached hydrogens (tertiary/aromatic N) is 2. The number of hydrogen-bond acceptors (Lipinski definition) is 5. The molecule has 1 aromatic heterocycles. The summed E-state index contributed by atoms with van der Waals surface area (Å²) in [4.78, 5) is 24.6. The van der Waals surface area contributed by atoms with Gasteiger partial charge in [-0.2, -0.15) is 0 Å². The maximum atomic E-state index is 12.7. The van der Waals surface area contributed by atoms with E-state index in [-0.39, 0.29) is 23.4 Å². The van der Waals surface area contributed by atoms with Crippen molar-refractivity contribution >= 4 is 17.7 Å². The van der Waals surface area contributed by atoms with Gasteiger partial charge in [0.2, 0.25) is 5.91 Å². The molecule has 1 saturated carbocycles. The number of hydrogen-bond donors (Lipinski definition) is 2. The van der Waals surface area contributed by atoms with Crippen LogP contribution in [0.4, 0.5) is 0 Å². The van der Waals surface area contributed by atoms with Gasteiger partial charge in [-0.05, 0) is 30.7 Å². The molecule has 0 aliphatic heterocycles. The fourth-order valence-electron chi connectivity index (χ4n) is 3.75. The van der Waals surface area contributed by atoms with Crippen LogP contribution in [-0.4, -0.2) is 40.1 Å². The minimum absolute atomic E-state index is 0.0374.